The van der Waals surface area contributed by atoms with E-state index in [0.717, 1.165) is 19.3 Å². The van der Waals surface area contributed by atoms with E-state index in [-0.39, 0.29) is 43.2 Å². The zero-order valence-electron chi connectivity index (χ0n) is 16.6. The molecule has 1 aliphatic heterocycles. The van der Waals surface area contributed by atoms with E-state index < -0.39 is 0 Å². The van der Waals surface area contributed by atoms with Gasteiger partial charge >= 0.3 is 0 Å². The summed E-state index contributed by atoms with van der Waals surface area (Å²) < 4.78 is 5.61. The van der Waals surface area contributed by atoms with Gasteiger partial charge in [-0.1, -0.05) is 13.8 Å². The number of carbonyl (C=O) groups is 3. The highest BCUT2D eigenvalue weighted by atomic mass is 32.1. The fraction of sp³-hybridized carbons (Fsp3) is 0.684. The van der Waals surface area contributed by atoms with Gasteiger partial charge in [-0.2, -0.15) is 0 Å². The summed E-state index contributed by atoms with van der Waals surface area (Å²) in [6, 6.07) is 0. The summed E-state index contributed by atoms with van der Waals surface area (Å²) in [6.07, 6.45) is 4.39. The van der Waals surface area contributed by atoms with Crippen LogP contribution >= 0.6 is 11.3 Å². The molecule has 28 heavy (non-hydrogen) atoms. The smallest absolute Gasteiger partial charge is 0.239 e. The number of aromatic nitrogens is 1. The van der Waals surface area contributed by atoms with Gasteiger partial charge in [0.15, 0.2) is 5.13 Å². The lowest BCUT2D eigenvalue weighted by Gasteiger charge is -2.25. The molecule has 2 rings (SSSR count). The number of carbonyl (C=O) groups excluding carboxylic acids is 3. The molecule has 0 aliphatic carbocycles. The summed E-state index contributed by atoms with van der Waals surface area (Å²) in [5.74, 6) is -0.161. The van der Waals surface area contributed by atoms with Crippen LogP contribution in [-0.2, 0) is 19.1 Å². The zero-order valence-corrected chi connectivity index (χ0v) is 17.4. The molecule has 1 fully saturated rings. The van der Waals surface area contributed by atoms with E-state index in [1.807, 2.05) is 0 Å². The Labute approximate surface area is 170 Å². The fourth-order valence-corrected chi connectivity index (χ4v) is 3.41. The van der Waals surface area contributed by atoms with Gasteiger partial charge in [0.05, 0.1) is 12.6 Å². The van der Waals surface area contributed by atoms with E-state index in [9.17, 15) is 14.4 Å². The first-order chi connectivity index (χ1) is 13.4. The molecule has 1 saturated heterocycles. The second-order valence-electron chi connectivity index (χ2n) is 7.33. The van der Waals surface area contributed by atoms with E-state index in [2.05, 4.69) is 29.5 Å². The summed E-state index contributed by atoms with van der Waals surface area (Å²) in [6.45, 7) is 5.83. The van der Waals surface area contributed by atoms with Crippen LogP contribution in [0.4, 0.5) is 5.13 Å². The maximum absolute atomic E-state index is 12.7. The van der Waals surface area contributed by atoms with Gasteiger partial charge in [-0.3, -0.25) is 14.4 Å². The van der Waals surface area contributed by atoms with Gasteiger partial charge in [0, 0.05) is 44.1 Å². The lowest BCUT2D eigenvalue weighted by Crippen LogP contribution is -2.44. The van der Waals surface area contributed by atoms with Crippen molar-refractivity contribution in [3.8, 4) is 0 Å². The molecule has 3 amide bonds. The Morgan fingerprint density at radius 3 is 2.79 bits per heavy atom. The number of hydrogen-bond donors (Lipinski definition) is 2. The van der Waals surface area contributed by atoms with Crippen LogP contribution in [0.2, 0.25) is 0 Å². The predicted octanol–water partition coefficient (Wildman–Crippen LogP) is 2.03. The Kier molecular flexibility index (Phi) is 9.36. The third-order valence-corrected chi connectivity index (χ3v) is 5.11. The normalized spacial score (nSPS) is 16.2. The minimum absolute atomic E-state index is 0.00904. The van der Waals surface area contributed by atoms with Crippen LogP contribution in [0.25, 0.3) is 0 Å². The van der Waals surface area contributed by atoms with Crippen molar-refractivity contribution in [3.05, 3.63) is 11.6 Å². The quantitative estimate of drug-likeness (QED) is 0.581. The van der Waals surface area contributed by atoms with Gasteiger partial charge in [-0.05, 0) is 25.2 Å². The van der Waals surface area contributed by atoms with Crippen molar-refractivity contribution in [2.24, 2.45) is 5.92 Å². The average molecular weight is 411 g/mol. The topological polar surface area (TPSA) is 101 Å². The number of hydrogen-bond acceptors (Lipinski definition) is 6. The second kappa shape index (κ2) is 11.8. The van der Waals surface area contributed by atoms with Crippen LogP contribution in [0.3, 0.4) is 0 Å². The number of thiazole rings is 1. The van der Waals surface area contributed by atoms with Crippen molar-refractivity contribution in [3.63, 3.8) is 0 Å². The molecule has 1 aromatic rings. The van der Waals surface area contributed by atoms with Crippen LogP contribution in [0.1, 0.15) is 46.0 Å². The molecule has 1 atom stereocenters. The van der Waals surface area contributed by atoms with Crippen molar-refractivity contribution in [1.82, 2.24) is 15.2 Å². The molecule has 2 N–H and O–H groups in total. The predicted molar refractivity (Wildman–Crippen MR) is 108 cm³/mol. The number of nitrogens with zero attached hydrogens (tertiary/aromatic N) is 2. The van der Waals surface area contributed by atoms with E-state index >= 15 is 0 Å². The summed E-state index contributed by atoms with van der Waals surface area (Å²) in [4.78, 5) is 42.4. The maximum Gasteiger partial charge on any atom is 0.239 e. The third kappa shape index (κ3) is 8.35. The second-order valence-corrected chi connectivity index (χ2v) is 8.22. The Bertz CT molecular complexity index is 630. The fourth-order valence-electron chi connectivity index (χ4n) is 2.86. The molecule has 0 unspecified atom stereocenters. The zero-order chi connectivity index (χ0) is 20.4. The molecular weight excluding hydrogens is 380 g/mol. The molecule has 0 radical (unpaired) electrons. The van der Waals surface area contributed by atoms with Gasteiger partial charge in [0.25, 0.3) is 0 Å². The van der Waals surface area contributed by atoms with Crippen molar-refractivity contribution in [1.29, 1.82) is 0 Å². The molecular formula is C19H30N4O4S. The summed E-state index contributed by atoms with van der Waals surface area (Å²) in [7, 11) is 0. The first kappa shape index (κ1) is 22.3. The summed E-state index contributed by atoms with van der Waals surface area (Å²) in [5.41, 5.74) is 0. The van der Waals surface area contributed by atoms with Crippen LogP contribution in [-0.4, -0.2) is 60.0 Å². The summed E-state index contributed by atoms with van der Waals surface area (Å²) >= 11 is 1.32. The molecule has 156 valence electrons. The molecule has 0 bridgehead atoms. The van der Waals surface area contributed by atoms with Crippen LogP contribution in [0.5, 0.6) is 0 Å². The van der Waals surface area contributed by atoms with Crippen molar-refractivity contribution >= 4 is 34.2 Å². The number of anilines is 1. The van der Waals surface area contributed by atoms with Gasteiger partial charge in [0.1, 0.15) is 0 Å². The lowest BCUT2D eigenvalue weighted by atomic mass is 10.1. The standard InChI is InChI=1S/C19H30N4O4S/c1-14(2)7-8-20-17(25)13-23(12-15-4-3-10-27-15)18(26)6-5-16(24)22-19-21-9-11-28-19/h9,11,14-15H,3-8,10,12-13H2,1-2H3,(H,20,25)(H,21,22,24)/t15-/m1/s1. The summed E-state index contributed by atoms with van der Waals surface area (Å²) in [5, 5.41) is 7.80. The Hall–Kier alpha value is -2.00. The minimum atomic E-state index is -0.262. The molecule has 1 aromatic heterocycles. The van der Waals surface area contributed by atoms with E-state index in [4.69, 9.17) is 4.74 Å². The Morgan fingerprint density at radius 1 is 1.32 bits per heavy atom. The first-order valence-electron chi connectivity index (χ1n) is 9.79. The highest BCUT2D eigenvalue weighted by Crippen LogP contribution is 2.15. The van der Waals surface area contributed by atoms with Crippen molar-refractivity contribution in [2.75, 3.05) is 31.6 Å². The van der Waals surface area contributed by atoms with Crippen LogP contribution < -0.4 is 10.6 Å². The van der Waals surface area contributed by atoms with Crippen molar-refractivity contribution < 1.29 is 19.1 Å². The number of ether oxygens (including phenoxy) is 1. The highest BCUT2D eigenvalue weighted by Gasteiger charge is 2.24. The van der Waals surface area contributed by atoms with Gasteiger partial charge in [0.2, 0.25) is 17.7 Å². The highest BCUT2D eigenvalue weighted by molar-refractivity contribution is 7.13. The molecule has 0 spiro atoms. The maximum atomic E-state index is 12.7. The molecule has 2 heterocycles. The van der Waals surface area contributed by atoms with Gasteiger partial charge in [-0.25, -0.2) is 4.98 Å². The number of amides is 3. The number of nitrogens with one attached hydrogen (secondary N) is 2. The van der Waals surface area contributed by atoms with Gasteiger partial charge < -0.3 is 20.3 Å². The lowest BCUT2D eigenvalue weighted by molar-refractivity contribution is -0.138. The Morgan fingerprint density at radius 2 is 2.14 bits per heavy atom. The third-order valence-electron chi connectivity index (χ3n) is 4.42. The molecule has 9 heteroatoms. The molecule has 8 nitrogen and oxygen atoms in total. The monoisotopic (exact) mass is 410 g/mol. The first-order valence-corrected chi connectivity index (χ1v) is 10.7. The van der Waals surface area contributed by atoms with Crippen molar-refractivity contribution in [2.45, 2.75) is 52.1 Å². The SMILES string of the molecule is CC(C)CCNC(=O)CN(C[C@H]1CCCO1)C(=O)CCC(=O)Nc1nccs1. The van der Waals surface area contributed by atoms with E-state index in [1.165, 1.54) is 16.2 Å². The van der Waals surface area contributed by atoms with Crippen LogP contribution in [0, 0.1) is 5.92 Å². The van der Waals surface area contributed by atoms with Gasteiger partial charge in [-0.15, -0.1) is 11.3 Å². The van der Waals surface area contributed by atoms with Crippen LogP contribution in [0.15, 0.2) is 11.6 Å². The van der Waals surface area contributed by atoms with E-state index in [0.29, 0.717) is 30.7 Å². The Balaban J connectivity index is 1.82. The van der Waals surface area contributed by atoms with E-state index in [1.54, 1.807) is 11.6 Å². The molecule has 1 aliphatic rings. The largest absolute Gasteiger partial charge is 0.376 e. The molecule has 0 saturated carbocycles. The average Bonchev–Trinajstić information content (AvgIpc) is 3.33. The number of rotatable bonds is 11. The minimum Gasteiger partial charge on any atom is -0.376 e. The molecule has 0 aromatic carbocycles.